The first-order valence-corrected chi connectivity index (χ1v) is 15.4. The maximum Gasteiger partial charge on any atom is 0.433 e. The molecule has 44 heavy (non-hydrogen) atoms. The molecule has 10 nitrogen and oxygen atoms in total. The molecule has 234 valence electrons. The first kappa shape index (κ1) is 31.3. The van der Waals surface area contributed by atoms with Crippen molar-refractivity contribution < 1.29 is 41.9 Å². The highest BCUT2D eigenvalue weighted by molar-refractivity contribution is 9.09. The van der Waals surface area contributed by atoms with Crippen molar-refractivity contribution in [1.82, 2.24) is 14.9 Å². The van der Waals surface area contributed by atoms with Gasteiger partial charge in [-0.05, 0) is 43.0 Å². The van der Waals surface area contributed by atoms with Crippen LogP contribution in [0.25, 0.3) is 0 Å². The summed E-state index contributed by atoms with van der Waals surface area (Å²) in [5, 5.41) is 11.0. The van der Waals surface area contributed by atoms with Crippen molar-refractivity contribution in [1.29, 1.82) is 0 Å². The van der Waals surface area contributed by atoms with Crippen LogP contribution in [0.1, 0.15) is 36.0 Å². The second-order valence-electron chi connectivity index (χ2n) is 11.0. The van der Waals surface area contributed by atoms with E-state index in [0.29, 0.717) is 16.6 Å². The smallest absolute Gasteiger partial charge is 0.433 e. The second-order valence-corrected chi connectivity index (χ2v) is 13.1. The molecule has 1 saturated carbocycles. The van der Waals surface area contributed by atoms with E-state index in [2.05, 4.69) is 20.9 Å². The van der Waals surface area contributed by atoms with Crippen molar-refractivity contribution in [2.45, 2.75) is 41.3 Å². The van der Waals surface area contributed by atoms with Crippen LogP contribution >= 0.6 is 50.7 Å². The number of nitrogens with zero attached hydrogens (tertiary/aromatic N) is 4. The molecule has 1 N–H and O–H groups in total. The van der Waals surface area contributed by atoms with Crippen molar-refractivity contribution in [2.75, 3.05) is 17.5 Å². The quantitative estimate of drug-likeness (QED) is 0.204. The number of halogens is 7. The number of amides is 4. The van der Waals surface area contributed by atoms with Gasteiger partial charge in [0.2, 0.25) is 0 Å². The molecule has 6 unspecified atom stereocenters. The van der Waals surface area contributed by atoms with Crippen LogP contribution in [0, 0.1) is 17.8 Å². The van der Waals surface area contributed by atoms with Crippen LogP contribution in [0.15, 0.2) is 40.3 Å². The van der Waals surface area contributed by atoms with Crippen LogP contribution in [0.4, 0.5) is 19.0 Å². The number of imide groups is 2. The van der Waals surface area contributed by atoms with E-state index >= 15 is 0 Å². The summed E-state index contributed by atoms with van der Waals surface area (Å²) >= 11 is 23.5. The maximum absolute atomic E-state index is 14.1. The third-order valence-corrected chi connectivity index (χ3v) is 11.0. The molecule has 0 spiro atoms. The number of aliphatic hydroxyl groups is 1. The van der Waals surface area contributed by atoms with Crippen LogP contribution in [0.5, 0.6) is 0 Å². The van der Waals surface area contributed by atoms with Gasteiger partial charge in [0.1, 0.15) is 23.8 Å². The number of aliphatic hydroxyl groups excluding tert-OH is 1. The van der Waals surface area contributed by atoms with Gasteiger partial charge in [-0.15, -0.1) is 23.2 Å². The van der Waals surface area contributed by atoms with Gasteiger partial charge in [-0.25, -0.2) is 4.98 Å². The lowest BCUT2D eigenvalue weighted by atomic mass is 9.57. The summed E-state index contributed by atoms with van der Waals surface area (Å²) in [5.41, 5.74) is -1.05. The molecule has 2 saturated heterocycles. The second kappa shape index (κ2) is 10.4. The molecule has 3 fully saturated rings. The van der Waals surface area contributed by atoms with Gasteiger partial charge in [0.25, 0.3) is 23.6 Å². The number of likely N-dealkylation sites (tertiary alicyclic amines) is 1. The number of carbonyl (C=O) groups is 4. The number of hydrogen-bond donors (Lipinski definition) is 1. The zero-order chi connectivity index (χ0) is 32.1. The number of carbonyl (C=O) groups excluding carboxylic acids is 4. The number of rotatable bonds is 5. The molecule has 2 aliphatic carbocycles. The van der Waals surface area contributed by atoms with Crippen molar-refractivity contribution in [3.05, 3.63) is 58.2 Å². The number of hydrazine groups is 1. The topological polar surface area (TPSA) is 124 Å². The van der Waals surface area contributed by atoms with Crippen molar-refractivity contribution in [3.8, 4) is 0 Å². The van der Waals surface area contributed by atoms with Gasteiger partial charge in [-0.1, -0.05) is 39.2 Å². The minimum atomic E-state index is -4.82. The van der Waals surface area contributed by atoms with Crippen LogP contribution in [-0.4, -0.2) is 65.9 Å². The zero-order valence-electron chi connectivity index (χ0n) is 22.4. The van der Waals surface area contributed by atoms with E-state index in [1.165, 1.54) is 19.2 Å². The largest absolute Gasteiger partial charge is 0.463 e. The highest BCUT2D eigenvalue weighted by Crippen LogP contribution is 2.65. The van der Waals surface area contributed by atoms with E-state index in [1.807, 2.05) is 0 Å². The first-order valence-electron chi connectivity index (χ1n) is 13.2. The van der Waals surface area contributed by atoms with Gasteiger partial charge >= 0.3 is 6.18 Å². The lowest BCUT2D eigenvalue weighted by molar-refractivity contribution is -0.142. The summed E-state index contributed by atoms with van der Waals surface area (Å²) in [4.78, 5) is 55.4. The summed E-state index contributed by atoms with van der Waals surface area (Å²) in [6.07, 6.45) is -3.45. The molecule has 4 aliphatic rings. The Morgan fingerprint density at radius 2 is 1.82 bits per heavy atom. The Hall–Kier alpha value is -2.65. The van der Waals surface area contributed by atoms with Crippen molar-refractivity contribution >= 4 is 80.2 Å². The SMILES string of the molecule is CN(c1nc(C(F)(F)F)ccc1Cl)N1C(=O)C2CC=C3C(CC4(Cl)C(=O)N(CBr)C(=O)C4(Cl)C3c3ccc(CO)o3)C2C1=O. The summed E-state index contributed by atoms with van der Waals surface area (Å²) < 4.78 is 46.1. The maximum atomic E-state index is 14.1. The fraction of sp³-hybridized carbons (Fsp3) is 0.444. The molecule has 2 aliphatic heterocycles. The van der Waals surface area contributed by atoms with Gasteiger partial charge in [0.05, 0.1) is 28.2 Å². The number of furan rings is 1. The van der Waals surface area contributed by atoms with Gasteiger partial charge in [0, 0.05) is 7.05 Å². The van der Waals surface area contributed by atoms with Crippen LogP contribution in [0.2, 0.25) is 5.02 Å². The summed E-state index contributed by atoms with van der Waals surface area (Å²) in [6, 6.07) is 4.60. The summed E-state index contributed by atoms with van der Waals surface area (Å²) in [5.74, 6) is -7.46. The Kier molecular flexibility index (Phi) is 7.44. The monoisotopic (exact) mass is 738 g/mol. The molecule has 0 radical (unpaired) electrons. The minimum Gasteiger partial charge on any atom is -0.463 e. The number of anilines is 1. The summed E-state index contributed by atoms with van der Waals surface area (Å²) in [6.45, 7) is -0.470. The van der Waals surface area contributed by atoms with Crippen molar-refractivity contribution in [3.63, 3.8) is 0 Å². The van der Waals surface area contributed by atoms with E-state index in [4.69, 9.17) is 39.2 Å². The Balaban J connectivity index is 1.45. The molecule has 2 aromatic rings. The van der Waals surface area contributed by atoms with Gasteiger partial charge in [0.15, 0.2) is 15.6 Å². The Morgan fingerprint density at radius 3 is 2.43 bits per heavy atom. The lowest BCUT2D eigenvalue weighted by Crippen LogP contribution is -2.60. The minimum absolute atomic E-state index is 0.00573. The average Bonchev–Trinajstić information content (AvgIpc) is 3.58. The molecule has 0 bridgehead atoms. The first-order chi connectivity index (χ1) is 20.6. The highest BCUT2D eigenvalue weighted by Gasteiger charge is 2.77. The molecule has 0 aromatic carbocycles. The number of pyridine rings is 1. The molecule has 2 aromatic heterocycles. The molecular weight excluding hydrogens is 720 g/mol. The predicted octanol–water partition coefficient (Wildman–Crippen LogP) is 4.60. The fourth-order valence-electron chi connectivity index (χ4n) is 6.89. The van der Waals surface area contributed by atoms with Crippen LogP contribution in [0.3, 0.4) is 0 Å². The fourth-order valence-corrected chi connectivity index (χ4v) is 8.52. The standard InChI is InChI=1S/C27H21BrCl3F3N4O6/c1-36(20-15(29)5-7-17(35-20)27(32,33)34)38-21(40)13-4-3-12-14(18(13)22(38)41)8-25(30)23(42)37(10-28)24(43)26(25,31)19(12)16-6-2-11(9-39)44-16/h2-3,5-7,13-14,18-19,39H,4,8-10H2,1H3. The van der Waals surface area contributed by atoms with E-state index in [-0.39, 0.29) is 34.8 Å². The molecule has 6 rings (SSSR count). The molecular formula is C27H21BrCl3F3N4O6. The van der Waals surface area contributed by atoms with Crippen molar-refractivity contribution in [2.24, 2.45) is 17.8 Å². The van der Waals surface area contributed by atoms with E-state index in [0.717, 1.165) is 16.0 Å². The van der Waals surface area contributed by atoms with Crippen LogP contribution < -0.4 is 5.01 Å². The Morgan fingerprint density at radius 1 is 1.11 bits per heavy atom. The molecule has 6 atom stereocenters. The third-order valence-electron chi connectivity index (χ3n) is 8.84. The predicted molar refractivity (Wildman–Crippen MR) is 152 cm³/mol. The summed E-state index contributed by atoms with van der Waals surface area (Å²) in [7, 11) is 1.19. The van der Waals surface area contributed by atoms with E-state index in [1.54, 1.807) is 6.08 Å². The van der Waals surface area contributed by atoms with Crippen LogP contribution in [-0.2, 0) is 32.0 Å². The average molecular weight is 741 g/mol. The van der Waals surface area contributed by atoms with E-state index < -0.39 is 81.3 Å². The number of fused-ring (bicyclic) bond motifs is 4. The number of hydrogen-bond acceptors (Lipinski definition) is 8. The Labute approximate surface area is 270 Å². The number of allylic oxidation sites excluding steroid dienone is 2. The van der Waals surface area contributed by atoms with Gasteiger partial charge in [-0.2, -0.15) is 18.2 Å². The lowest BCUT2D eigenvalue weighted by Gasteiger charge is -2.49. The number of aromatic nitrogens is 1. The van der Waals surface area contributed by atoms with E-state index in [9.17, 15) is 37.5 Å². The van der Waals surface area contributed by atoms with Gasteiger partial charge in [-0.3, -0.25) is 29.1 Å². The Bertz CT molecular complexity index is 1650. The molecule has 4 amide bonds. The number of alkyl halides is 6. The molecule has 4 heterocycles. The highest BCUT2D eigenvalue weighted by atomic mass is 79.9. The van der Waals surface area contributed by atoms with Gasteiger partial charge < -0.3 is 9.52 Å². The normalized spacial score (nSPS) is 31.7. The molecule has 17 heteroatoms. The third kappa shape index (κ3) is 4.13. The zero-order valence-corrected chi connectivity index (χ0v) is 26.3.